The van der Waals surface area contributed by atoms with Crippen molar-refractivity contribution >= 4 is 23.6 Å². The summed E-state index contributed by atoms with van der Waals surface area (Å²) in [5, 5.41) is 0.863. The molecule has 0 amide bonds. The van der Waals surface area contributed by atoms with E-state index in [0.717, 1.165) is 10.7 Å². The summed E-state index contributed by atoms with van der Waals surface area (Å²) in [5.41, 5.74) is 6.27. The van der Waals surface area contributed by atoms with Gasteiger partial charge in [-0.1, -0.05) is 0 Å². The molecule has 0 radical (unpaired) electrons. The van der Waals surface area contributed by atoms with Gasteiger partial charge in [0.2, 0.25) is 5.96 Å². The van der Waals surface area contributed by atoms with Crippen LogP contribution in [0.5, 0.6) is 0 Å². The number of pyridine rings is 1. The second-order valence-corrected chi connectivity index (χ2v) is 2.82. The number of hydrogen-bond donors (Lipinski definition) is 2. The summed E-state index contributed by atoms with van der Waals surface area (Å²) in [6.45, 7) is 0. The molecule has 1 aromatic heterocycles. The van der Waals surface area contributed by atoms with Gasteiger partial charge in [-0.3, -0.25) is 4.72 Å². The van der Waals surface area contributed by atoms with E-state index in [1.54, 1.807) is 6.20 Å². The third-order valence-corrected chi connectivity index (χ3v) is 2.06. The van der Waals surface area contributed by atoms with Gasteiger partial charge in [0.15, 0.2) is 0 Å². The lowest BCUT2D eigenvalue weighted by Gasteiger charge is -2.11. The molecule has 2 heterocycles. The van der Waals surface area contributed by atoms with Crippen LogP contribution in [-0.2, 0) is 0 Å². The van der Waals surface area contributed by atoms with Crippen molar-refractivity contribution in [3.05, 3.63) is 18.3 Å². The minimum atomic E-state index is 0.426. The number of nitrogens with two attached hydrogens (primary N) is 1. The predicted molar refractivity (Wildman–Crippen MR) is 44.5 cm³/mol. The summed E-state index contributed by atoms with van der Waals surface area (Å²) >= 11 is 1.38. The molecule has 0 aliphatic carbocycles. The first kappa shape index (κ1) is 6.48. The molecular weight excluding hydrogens is 160 g/mol. The maximum atomic E-state index is 5.44. The molecule has 56 valence electrons. The first-order valence-corrected chi connectivity index (χ1v) is 3.90. The number of rotatable bonds is 0. The molecule has 0 spiro atoms. The molecule has 4 nitrogen and oxygen atoms in total. The summed E-state index contributed by atoms with van der Waals surface area (Å²) in [4.78, 5) is 8.14. The number of hydrogen-bond acceptors (Lipinski definition) is 5. The van der Waals surface area contributed by atoms with Gasteiger partial charge < -0.3 is 5.73 Å². The minimum absolute atomic E-state index is 0.426. The molecule has 1 aromatic rings. The Morgan fingerprint density at radius 3 is 3.36 bits per heavy atom. The van der Waals surface area contributed by atoms with Gasteiger partial charge in [0.05, 0.1) is 0 Å². The van der Waals surface area contributed by atoms with E-state index in [1.807, 2.05) is 12.1 Å². The van der Waals surface area contributed by atoms with Crippen molar-refractivity contribution in [1.29, 1.82) is 0 Å². The lowest BCUT2D eigenvalue weighted by atomic mass is 10.4. The van der Waals surface area contributed by atoms with Crippen LogP contribution in [-0.4, -0.2) is 10.9 Å². The maximum absolute atomic E-state index is 5.44. The molecule has 0 aromatic carbocycles. The van der Waals surface area contributed by atoms with Gasteiger partial charge in [0.25, 0.3) is 0 Å². The van der Waals surface area contributed by atoms with E-state index in [0.29, 0.717) is 5.96 Å². The van der Waals surface area contributed by atoms with Crippen LogP contribution in [0.1, 0.15) is 0 Å². The van der Waals surface area contributed by atoms with Crippen LogP contribution in [0.25, 0.3) is 0 Å². The lowest BCUT2D eigenvalue weighted by molar-refractivity contribution is 1.09. The number of nitrogens with zero attached hydrogens (tertiary/aromatic N) is 2. The molecule has 5 heteroatoms. The Balaban J connectivity index is 2.51. The zero-order valence-corrected chi connectivity index (χ0v) is 6.43. The van der Waals surface area contributed by atoms with Crippen LogP contribution in [0.15, 0.2) is 28.3 Å². The van der Waals surface area contributed by atoms with E-state index in [1.165, 1.54) is 11.9 Å². The fourth-order valence-corrected chi connectivity index (χ4v) is 1.38. The van der Waals surface area contributed by atoms with Crippen molar-refractivity contribution in [2.45, 2.75) is 5.03 Å². The Kier molecular flexibility index (Phi) is 1.43. The fourth-order valence-electron chi connectivity index (χ4n) is 0.799. The highest BCUT2D eigenvalue weighted by Gasteiger charge is 2.08. The molecule has 0 saturated heterocycles. The van der Waals surface area contributed by atoms with Crippen LogP contribution in [0.4, 0.5) is 5.69 Å². The molecule has 0 unspecified atom stereocenters. The largest absolute Gasteiger partial charge is 0.369 e. The standard InChI is InChI=1S/C6H6N4S/c7-6-9-4-2-1-3-8-5(4)11-10-6/h1-3H,(H3,7,9,10). The normalized spacial score (nSPS) is 14.7. The van der Waals surface area contributed by atoms with Gasteiger partial charge in [-0.2, -0.15) is 0 Å². The minimum Gasteiger partial charge on any atom is -0.369 e. The molecule has 0 saturated carbocycles. The summed E-state index contributed by atoms with van der Waals surface area (Å²) in [6.07, 6.45) is 1.73. The SMILES string of the molecule is NC1=Nc2cccnc2SN1. The van der Waals surface area contributed by atoms with E-state index >= 15 is 0 Å². The molecule has 3 N–H and O–H groups in total. The first-order valence-electron chi connectivity index (χ1n) is 3.08. The van der Waals surface area contributed by atoms with E-state index < -0.39 is 0 Å². The zero-order valence-electron chi connectivity index (χ0n) is 5.61. The summed E-state index contributed by atoms with van der Waals surface area (Å²) < 4.78 is 2.82. The molecule has 0 fully saturated rings. The number of guanidine groups is 1. The topological polar surface area (TPSA) is 63.3 Å². The first-order chi connectivity index (χ1) is 5.36. The number of fused-ring (bicyclic) bond motifs is 1. The number of nitrogens with one attached hydrogen (secondary N) is 1. The Morgan fingerprint density at radius 1 is 1.55 bits per heavy atom. The third kappa shape index (κ3) is 1.14. The molecule has 0 atom stereocenters. The number of aliphatic imine (C=N–C) groups is 1. The summed E-state index contributed by atoms with van der Waals surface area (Å²) in [5.74, 6) is 0.426. The van der Waals surface area contributed by atoms with Gasteiger partial charge in [-0.15, -0.1) is 0 Å². The van der Waals surface area contributed by atoms with Crippen molar-refractivity contribution < 1.29 is 0 Å². The van der Waals surface area contributed by atoms with Crippen molar-refractivity contribution in [1.82, 2.24) is 9.71 Å². The Morgan fingerprint density at radius 2 is 2.45 bits per heavy atom. The highest BCUT2D eigenvalue weighted by Crippen LogP contribution is 2.27. The van der Waals surface area contributed by atoms with Crippen molar-refractivity contribution in [2.75, 3.05) is 0 Å². The van der Waals surface area contributed by atoms with Crippen LogP contribution in [0.3, 0.4) is 0 Å². The quantitative estimate of drug-likeness (QED) is 0.555. The average molecular weight is 166 g/mol. The summed E-state index contributed by atoms with van der Waals surface area (Å²) in [6, 6.07) is 3.71. The Labute approximate surface area is 68.1 Å². The van der Waals surface area contributed by atoms with Crippen LogP contribution in [0, 0.1) is 0 Å². The monoisotopic (exact) mass is 166 g/mol. The molecular formula is C6H6N4S. The Bertz CT molecular complexity index is 309. The highest BCUT2D eigenvalue weighted by molar-refractivity contribution is 7.98. The molecule has 1 aliphatic heterocycles. The van der Waals surface area contributed by atoms with E-state index in [4.69, 9.17) is 5.73 Å². The van der Waals surface area contributed by atoms with Gasteiger partial charge in [-0.05, 0) is 12.1 Å². The lowest BCUT2D eigenvalue weighted by Crippen LogP contribution is -2.27. The van der Waals surface area contributed by atoms with Crippen molar-refractivity contribution in [3.8, 4) is 0 Å². The van der Waals surface area contributed by atoms with Crippen LogP contribution >= 0.6 is 11.9 Å². The van der Waals surface area contributed by atoms with Gasteiger partial charge in [-0.25, -0.2) is 9.98 Å². The smallest absolute Gasteiger partial charge is 0.204 e. The van der Waals surface area contributed by atoms with Gasteiger partial charge in [0, 0.05) is 18.1 Å². The summed E-state index contributed by atoms with van der Waals surface area (Å²) in [7, 11) is 0. The molecule has 11 heavy (non-hydrogen) atoms. The Hall–Kier alpha value is -1.23. The molecule has 1 aliphatic rings. The van der Waals surface area contributed by atoms with Crippen LogP contribution in [0.2, 0.25) is 0 Å². The second kappa shape index (κ2) is 2.43. The predicted octanol–water partition coefficient (Wildman–Crippen LogP) is 0.638. The average Bonchev–Trinajstić information content (AvgIpc) is 2.04. The zero-order chi connectivity index (χ0) is 7.68. The fraction of sp³-hybridized carbons (Fsp3) is 0. The second-order valence-electron chi connectivity index (χ2n) is 2.03. The highest BCUT2D eigenvalue weighted by atomic mass is 32.2. The van der Waals surface area contributed by atoms with E-state index in [2.05, 4.69) is 14.7 Å². The maximum Gasteiger partial charge on any atom is 0.204 e. The number of aromatic nitrogens is 1. The van der Waals surface area contributed by atoms with Gasteiger partial charge >= 0.3 is 0 Å². The molecule has 2 rings (SSSR count). The van der Waals surface area contributed by atoms with Crippen LogP contribution < -0.4 is 10.5 Å². The molecule has 0 bridgehead atoms. The van der Waals surface area contributed by atoms with E-state index in [9.17, 15) is 0 Å². The third-order valence-electron chi connectivity index (χ3n) is 1.24. The van der Waals surface area contributed by atoms with Crippen molar-refractivity contribution in [2.24, 2.45) is 10.7 Å². The van der Waals surface area contributed by atoms with E-state index in [-0.39, 0.29) is 0 Å². The van der Waals surface area contributed by atoms with Gasteiger partial charge in [0.1, 0.15) is 10.7 Å². The van der Waals surface area contributed by atoms with Crippen molar-refractivity contribution in [3.63, 3.8) is 0 Å².